The van der Waals surface area contributed by atoms with E-state index in [0.29, 0.717) is 0 Å². The topological polar surface area (TPSA) is 108 Å². The van der Waals surface area contributed by atoms with Crippen LogP contribution in [0.2, 0.25) is 0 Å². The highest BCUT2D eigenvalue weighted by Crippen LogP contribution is 2.20. The maximum absolute atomic E-state index is 13.7. The van der Waals surface area contributed by atoms with E-state index in [1.54, 1.807) is 0 Å². The first-order valence-corrected chi connectivity index (χ1v) is 7.55. The fraction of sp³-hybridized carbons (Fsp3) is 0.133. The van der Waals surface area contributed by atoms with Gasteiger partial charge < -0.3 is 5.32 Å². The number of carbonyl (C=O) groups excluding carboxylic acids is 1. The lowest BCUT2D eigenvalue weighted by atomic mass is 10.2. The fourth-order valence-electron chi connectivity index (χ4n) is 2.31. The van der Waals surface area contributed by atoms with Gasteiger partial charge in [0, 0.05) is 17.8 Å². The molecule has 0 aliphatic rings. The Kier molecular flexibility index (Phi) is 5.06. The van der Waals surface area contributed by atoms with Gasteiger partial charge in [-0.15, -0.1) is 0 Å². The van der Waals surface area contributed by atoms with E-state index in [2.05, 4.69) is 15.5 Å². The zero-order valence-electron chi connectivity index (χ0n) is 13.8. The van der Waals surface area contributed by atoms with Crippen LogP contribution in [-0.4, -0.2) is 30.4 Å². The van der Waals surface area contributed by atoms with Crippen LogP contribution in [0, 0.1) is 33.4 Å². The van der Waals surface area contributed by atoms with Crippen LogP contribution in [0.5, 0.6) is 0 Å². The van der Waals surface area contributed by atoms with E-state index in [1.165, 1.54) is 12.4 Å². The number of carbonyl (C=O) groups is 1. The quantitative estimate of drug-likeness (QED) is 0.225. The van der Waals surface area contributed by atoms with Crippen molar-refractivity contribution in [2.24, 2.45) is 0 Å². The normalized spacial score (nSPS) is 10.9. The predicted molar refractivity (Wildman–Crippen MR) is 85.1 cm³/mol. The van der Waals surface area contributed by atoms with Gasteiger partial charge in [-0.25, -0.2) is 17.6 Å². The summed E-state index contributed by atoms with van der Waals surface area (Å²) in [6, 6.07) is 0.225. The fourth-order valence-corrected chi connectivity index (χ4v) is 2.31. The minimum atomic E-state index is -1.80. The van der Waals surface area contributed by atoms with Crippen LogP contribution in [0.4, 0.5) is 28.9 Å². The predicted octanol–water partition coefficient (Wildman–Crippen LogP) is 2.23. The maximum Gasteiger partial charge on any atom is 0.307 e. The summed E-state index contributed by atoms with van der Waals surface area (Å²) in [5.74, 6) is -6.99. The summed E-state index contributed by atoms with van der Waals surface area (Å²) in [6.45, 7) is -0.873. The molecular formula is C15H10F4N6O3. The van der Waals surface area contributed by atoms with Crippen molar-refractivity contribution in [3.05, 3.63) is 69.8 Å². The summed E-state index contributed by atoms with van der Waals surface area (Å²) in [4.78, 5) is 21.8. The number of nitro groups is 1. The van der Waals surface area contributed by atoms with E-state index in [-0.39, 0.29) is 24.0 Å². The minimum absolute atomic E-state index is 0.148. The molecule has 0 fully saturated rings. The van der Waals surface area contributed by atoms with Gasteiger partial charge in [-0.1, -0.05) is 0 Å². The molecule has 1 amide bonds. The molecule has 0 saturated carbocycles. The maximum atomic E-state index is 13.7. The summed E-state index contributed by atoms with van der Waals surface area (Å²) in [5, 5.41) is 20.4. The Bertz CT molecular complexity index is 1060. The van der Waals surface area contributed by atoms with Gasteiger partial charge in [0.2, 0.25) is 5.91 Å². The SMILES string of the molecule is O=C(Cn1cc([N+](=O)[O-])cn1)Nc1cnn(Cc2c(F)cc(F)c(F)c2F)c1. The van der Waals surface area contributed by atoms with Crippen molar-refractivity contribution in [1.82, 2.24) is 19.6 Å². The molecule has 3 rings (SSSR count). The average molecular weight is 398 g/mol. The molecule has 2 heterocycles. The zero-order chi connectivity index (χ0) is 20.4. The molecule has 28 heavy (non-hydrogen) atoms. The Hall–Kier alpha value is -3.77. The second-order valence-corrected chi connectivity index (χ2v) is 5.57. The highest BCUT2D eigenvalue weighted by atomic mass is 19.2. The molecule has 0 saturated heterocycles. The molecule has 0 unspecified atom stereocenters. The third-order valence-electron chi connectivity index (χ3n) is 3.58. The Morgan fingerprint density at radius 1 is 1.07 bits per heavy atom. The molecule has 13 heteroatoms. The number of anilines is 1. The van der Waals surface area contributed by atoms with Gasteiger partial charge in [-0.2, -0.15) is 10.2 Å². The van der Waals surface area contributed by atoms with Crippen LogP contribution in [-0.2, 0) is 17.9 Å². The molecule has 0 bridgehead atoms. The van der Waals surface area contributed by atoms with E-state index in [0.717, 1.165) is 21.8 Å². The summed E-state index contributed by atoms with van der Waals surface area (Å²) in [7, 11) is 0. The number of halogens is 4. The van der Waals surface area contributed by atoms with Crippen molar-refractivity contribution >= 4 is 17.3 Å². The van der Waals surface area contributed by atoms with Gasteiger partial charge >= 0.3 is 5.69 Å². The van der Waals surface area contributed by atoms with E-state index in [4.69, 9.17) is 0 Å². The summed E-state index contributed by atoms with van der Waals surface area (Å²) < 4.78 is 55.7. The first-order chi connectivity index (χ1) is 13.2. The van der Waals surface area contributed by atoms with Gasteiger partial charge in [-0.05, 0) is 0 Å². The Morgan fingerprint density at radius 3 is 2.46 bits per heavy atom. The molecule has 9 nitrogen and oxygen atoms in total. The van der Waals surface area contributed by atoms with Crippen molar-refractivity contribution < 1.29 is 27.3 Å². The lowest BCUT2D eigenvalue weighted by Crippen LogP contribution is -2.18. The molecule has 0 aliphatic carbocycles. The summed E-state index contributed by atoms with van der Waals surface area (Å²) >= 11 is 0. The summed E-state index contributed by atoms with van der Waals surface area (Å²) in [6.07, 6.45) is 4.43. The monoisotopic (exact) mass is 398 g/mol. The van der Waals surface area contributed by atoms with Gasteiger partial charge in [0.05, 0.1) is 23.4 Å². The standard InChI is InChI=1S/C15H10F4N6O3/c16-11-1-12(17)15(19)14(18)10(11)6-23-4-8(2-20-23)22-13(26)7-24-5-9(3-21-24)25(27)28/h1-5H,6-7H2,(H,22,26). The van der Waals surface area contributed by atoms with Crippen molar-refractivity contribution in [3.63, 3.8) is 0 Å². The number of rotatable bonds is 6. The van der Waals surface area contributed by atoms with Crippen molar-refractivity contribution in [3.8, 4) is 0 Å². The second kappa shape index (κ2) is 7.46. The number of nitrogens with zero attached hydrogens (tertiary/aromatic N) is 5. The molecule has 1 N–H and O–H groups in total. The van der Waals surface area contributed by atoms with Crippen LogP contribution in [0.1, 0.15) is 5.56 Å². The van der Waals surface area contributed by atoms with Crippen LogP contribution < -0.4 is 5.32 Å². The van der Waals surface area contributed by atoms with Gasteiger partial charge in [0.25, 0.3) is 0 Å². The largest absolute Gasteiger partial charge is 0.322 e. The Labute approximate surface area is 153 Å². The minimum Gasteiger partial charge on any atom is -0.322 e. The Morgan fingerprint density at radius 2 is 1.79 bits per heavy atom. The molecule has 3 aromatic rings. The number of amides is 1. The number of hydrogen-bond acceptors (Lipinski definition) is 5. The molecule has 0 radical (unpaired) electrons. The molecular weight excluding hydrogens is 388 g/mol. The smallest absolute Gasteiger partial charge is 0.307 e. The van der Waals surface area contributed by atoms with Crippen molar-refractivity contribution in [1.29, 1.82) is 0 Å². The average Bonchev–Trinajstić information content (AvgIpc) is 3.26. The number of nitrogens with one attached hydrogen (secondary N) is 1. The number of aromatic nitrogens is 4. The lowest BCUT2D eigenvalue weighted by Gasteiger charge is -2.07. The van der Waals surface area contributed by atoms with E-state index >= 15 is 0 Å². The van der Waals surface area contributed by atoms with E-state index in [9.17, 15) is 32.5 Å². The first kappa shape index (κ1) is 19.0. The van der Waals surface area contributed by atoms with Crippen LogP contribution >= 0.6 is 0 Å². The zero-order valence-corrected chi connectivity index (χ0v) is 13.8. The van der Waals surface area contributed by atoms with E-state index in [1.807, 2.05) is 0 Å². The van der Waals surface area contributed by atoms with Crippen LogP contribution in [0.3, 0.4) is 0 Å². The van der Waals surface area contributed by atoms with Gasteiger partial charge in [0.1, 0.15) is 24.8 Å². The highest BCUT2D eigenvalue weighted by molar-refractivity contribution is 5.90. The molecule has 2 aromatic heterocycles. The second-order valence-electron chi connectivity index (χ2n) is 5.57. The molecule has 146 valence electrons. The Balaban J connectivity index is 1.66. The number of hydrogen-bond donors (Lipinski definition) is 1. The van der Waals surface area contributed by atoms with E-state index < -0.39 is 46.2 Å². The third-order valence-corrected chi connectivity index (χ3v) is 3.58. The lowest BCUT2D eigenvalue weighted by molar-refractivity contribution is -0.385. The molecule has 0 aliphatic heterocycles. The van der Waals surface area contributed by atoms with Gasteiger partial charge in [0.15, 0.2) is 17.5 Å². The first-order valence-electron chi connectivity index (χ1n) is 7.55. The summed E-state index contributed by atoms with van der Waals surface area (Å²) in [5.41, 5.74) is -0.866. The third kappa shape index (κ3) is 3.97. The molecule has 0 atom stereocenters. The highest BCUT2D eigenvalue weighted by Gasteiger charge is 2.19. The van der Waals surface area contributed by atoms with Gasteiger partial charge in [-0.3, -0.25) is 24.3 Å². The molecule has 1 aromatic carbocycles. The van der Waals surface area contributed by atoms with Crippen LogP contribution in [0.15, 0.2) is 30.9 Å². The van der Waals surface area contributed by atoms with Crippen molar-refractivity contribution in [2.45, 2.75) is 13.1 Å². The molecule has 0 spiro atoms. The number of benzene rings is 1. The van der Waals surface area contributed by atoms with Crippen molar-refractivity contribution in [2.75, 3.05) is 5.32 Å². The van der Waals surface area contributed by atoms with Crippen LogP contribution in [0.25, 0.3) is 0 Å².